The second kappa shape index (κ2) is 9.22. The van der Waals surface area contributed by atoms with Crippen molar-refractivity contribution in [2.75, 3.05) is 46.4 Å². The number of carbonyl (C=O) groups excluding carboxylic acids is 2. The van der Waals surface area contributed by atoms with Crippen molar-refractivity contribution in [3.8, 4) is 0 Å². The van der Waals surface area contributed by atoms with Gasteiger partial charge in [-0.1, -0.05) is 0 Å². The number of hydrogen-bond acceptors (Lipinski definition) is 5. The van der Waals surface area contributed by atoms with E-state index in [9.17, 15) is 9.59 Å². The van der Waals surface area contributed by atoms with Crippen molar-refractivity contribution in [1.29, 1.82) is 0 Å². The minimum atomic E-state index is -0.182. The second-order valence-electron chi connectivity index (χ2n) is 5.57. The fourth-order valence-electron chi connectivity index (χ4n) is 2.58. The number of ether oxygens (including phenoxy) is 1. The zero-order valence-corrected chi connectivity index (χ0v) is 13.5. The van der Waals surface area contributed by atoms with Crippen LogP contribution in [0.3, 0.4) is 0 Å². The smallest absolute Gasteiger partial charge is 0.252 e. The maximum Gasteiger partial charge on any atom is 0.252 e. The number of nitrogens with one attached hydrogen (secondary N) is 2. The molecule has 1 saturated heterocycles. The van der Waals surface area contributed by atoms with Crippen molar-refractivity contribution in [3.05, 3.63) is 30.1 Å². The first kappa shape index (κ1) is 17.4. The molecule has 1 atom stereocenters. The summed E-state index contributed by atoms with van der Waals surface area (Å²) in [5.41, 5.74) is 0.517. The average Bonchev–Trinajstić information content (AvgIpc) is 3.06. The third-order valence-electron chi connectivity index (χ3n) is 3.89. The molecular weight excluding hydrogens is 296 g/mol. The molecule has 126 valence electrons. The lowest BCUT2D eigenvalue weighted by Gasteiger charge is -2.15. The van der Waals surface area contributed by atoms with Crippen LogP contribution in [-0.4, -0.2) is 68.1 Å². The van der Waals surface area contributed by atoms with Gasteiger partial charge in [-0.15, -0.1) is 0 Å². The molecule has 0 aliphatic carbocycles. The van der Waals surface area contributed by atoms with E-state index in [1.165, 1.54) is 6.20 Å². The van der Waals surface area contributed by atoms with E-state index in [0.717, 1.165) is 26.1 Å². The first-order valence-corrected chi connectivity index (χ1v) is 7.88. The summed E-state index contributed by atoms with van der Waals surface area (Å²) in [6, 6.07) is 3.42. The molecule has 2 heterocycles. The number of carbonyl (C=O) groups is 2. The fourth-order valence-corrected chi connectivity index (χ4v) is 2.58. The molecule has 23 heavy (non-hydrogen) atoms. The highest BCUT2D eigenvalue weighted by molar-refractivity contribution is 5.93. The molecule has 1 aromatic rings. The molecule has 0 aromatic carbocycles. The van der Waals surface area contributed by atoms with Gasteiger partial charge in [0.05, 0.1) is 18.1 Å². The van der Waals surface area contributed by atoms with Gasteiger partial charge >= 0.3 is 0 Å². The Hall–Kier alpha value is -1.99. The molecule has 1 aliphatic heterocycles. The number of hydrogen-bond donors (Lipinski definition) is 2. The number of pyridine rings is 1. The minimum absolute atomic E-state index is 0.0286. The van der Waals surface area contributed by atoms with Crippen molar-refractivity contribution < 1.29 is 14.3 Å². The van der Waals surface area contributed by atoms with Crippen LogP contribution in [0.5, 0.6) is 0 Å². The van der Waals surface area contributed by atoms with E-state index in [0.29, 0.717) is 25.3 Å². The van der Waals surface area contributed by atoms with Gasteiger partial charge in [0.15, 0.2) is 0 Å². The molecule has 7 nitrogen and oxygen atoms in total. The first-order chi connectivity index (χ1) is 11.2. The third-order valence-corrected chi connectivity index (χ3v) is 3.89. The van der Waals surface area contributed by atoms with Gasteiger partial charge in [-0.05, 0) is 25.1 Å². The Morgan fingerprint density at radius 2 is 2.22 bits per heavy atom. The Bertz CT molecular complexity index is 509. The molecule has 0 bridgehead atoms. The minimum Gasteiger partial charge on any atom is -0.383 e. The van der Waals surface area contributed by atoms with Gasteiger partial charge in [-0.25, -0.2) is 0 Å². The van der Waals surface area contributed by atoms with Gasteiger partial charge in [-0.2, -0.15) is 0 Å². The predicted octanol–water partition coefficient (Wildman–Crippen LogP) is -0.104. The maximum atomic E-state index is 12.1. The Kier molecular flexibility index (Phi) is 6.96. The molecule has 1 fully saturated rings. The summed E-state index contributed by atoms with van der Waals surface area (Å²) >= 11 is 0. The standard InChI is InChI=1S/C16H24N4O3/c1-23-10-9-20-8-4-14(12-20)16(22)19-7-6-18-15(21)13-3-2-5-17-11-13/h2-3,5,11,14H,4,6-10,12H2,1H3,(H,18,21)(H,19,22)/t14-/m1/s1. The van der Waals surface area contributed by atoms with E-state index < -0.39 is 0 Å². The molecular formula is C16H24N4O3. The molecule has 0 unspecified atom stereocenters. The van der Waals surface area contributed by atoms with Crippen LogP contribution in [0, 0.1) is 5.92 Å². The van der Waals surface area contributed by atoms with Crippen molar-refractivity contribution in [2.45, 2.75) is 6.42 Å². The number of rotatable bonds is 8. The molecule has 2 rings (SSSR count). The number of aromatic nitrogens is 1. The Labute approximate surface area is 136 Å². The predicted molar refractivity (Wildman–Crippen MR) is 86.0 cm³/mol. The molecule has 0 saturated carbocycles. The highest BCUT2D eigenvalue weighted by Crippen LogP contribution is 2.15. The Morgan fingerprint density at radius 1 is 1.39 bits per heavy atom. The molecule has 0 radical (unpaired) electrons. The van der Waals surface area contributed by atoms with E-state index in [1.807, 2.05) is 0 Å². The molecule has 7 heteroatoms. The van der Waals surface area contributed by atoms with Crippen molar-refractivity contribution >= 4 is 11.8 Å². The van der Waals surface area contributed by atoms with Crippen LogP contribution < -0.4 is 10.6 Å². The lowest BCUT2D eigenvalue weighted by molar-refractivity contribution is -0.124. The molecule has 1 aliphatic rings. The number of methoxy groups -OCH3 is 1. The van der Waals surface area contributed by atoms with Crippen molar-refractivity contribution in [2.24, 2.45) is 5.92 Å². The van der Waals surface area contributed by atoms with Gasteiger partial charge in [-0.3, -0.25) is 14.6 Å². The van der Waals surface area contributed by atoms with E-state index in [2.05, 4.69) is 20.5 Å². The van der Waals surface area contributed by atoms with Crippen LogP contribution in [0.15, 0.2) is 24.5 Å². The zero-order valence-electron chi connectivity index (χ0n) is 13.5. The summed E-state index contributed by atoms with van der Waals surface area (Å²) in [6.07, 6.45) is 4.01. The van der Waals surface area contributed by atoms with E-state index in [-0.39, 0.29) is 17.7 Å². The van der Waals surface area contributed by atoms with E-state index in [1.54, 1.807) is 25.4 Å². The largest absolute Gasteiger partial charge is 0.383 e. The summed E-state index contributed by atoms with van der Waals surface area (Å²) < 4.78 is 5.05. The van der Waals surface area contributed by atoms with Crippen molar-refractivity contribution in [3.63, 3.8) is 0 Å². The maximum absolute atomic E-state index is 12.1. The highest BCUT2D eigenvalue weighted by Gasteiger charge is 2.27. The summed E-state index contributed by atoms with van der Waals surface area (Å²) in [6.45, 7) is 4.09. The van der Waals surface area contributed by atoms with Crippen LogP contribution in [0.25, 0.3) is 0 Å². The van der Waals surface area contributed by atoms with Crippen molar-refractivity contribution in [1.82, 2.24) is 20.5 Å². The quantitative estimate of drug-likeness (QED) is 0.653. The van der Waals surface area contributed by atoms with E-state index in [4.69, 9.17) is 4.74 Å². The van der Waals surface area contributed by atoms with Gasteiger partial charge in [0, 0.05) is 45.7 Å². The SMILES string of the molecule is COCCN1CC[C@@H](C(=O)NCCNC(=O)c2cccnc2)C1. The van der Waals surface area contributed by atoms with E-state index >= 15 is 0 Å². The lowest BCUT2D eigenvalue weighted by atomic mass is 10.1. The average molecular weight is 320 g/mol. The zero-order chi connectivity index (χ0) is 16.5. The molecule has 1 aromatic heterocycles. The molecule has 0 spiro atoms. The Balaban J connectivity index is 1.61. The van der Waals surface area contributed by atoms with Crippen LogP contribution in [0.1, 0.15) is 16.8 Å². The number of likely N-dealkylation sites (tertiary alicyclic amines) is 1. The Morgan fingerprint density at radius 3 is 2.96 bits per heavy atom. The normalized spacial score (nSPS) is 17.9. The van der Waals surface area contributed by atoms with Gasteiger partial charge in [0.1, 0.15) is 0 Å². The van der Waals surface area contributed by atoms with Crippen LogP contribution >= 0.6 is 0 Å². The fraction of sp³-hybridized carbons (Fsp3) is 0.562. The lowest BCUT2D eigenvalue weighted by Crippen LogP contribution is -2.38. The highest BCUT2D eigenvalue weighted by atomic mass is 16.5. The van der Waals surface area contributed by atoms with Gasteiger partial charge < -0.3 is 20.3 Å². The van der Waals surface area contributed by atoms with Crippen LogP contribution in [-0.2, 0) is 9.53 Å². The summed E-state index contributed by atoms with van der Waals surface area (Å²) in [4.78, 5) is 30.0. The van der Waals surface area contributed by atoms with Crippen LogP contribution in [0.4, 0.5) is 0 Å². The number of nitrogens with zero attached hydrogens (tertiary/aromatic N) is 2. The molecule has 2 amide bonds. The summed E-state index contributed by atoms with van der Waals surface area (Å²) in [5, 5.41) is 5.64. The van der Waals surface area contributed by atoms with Gasteiger partial charge in [0.2, 0.25) is 5.91 Å². The first-order valence-electron chi connectivity index (χ1n) is 7.88. The topological polar surface area (TPSA) is 83.6 Å². The molecule has 2 N–H and O–H groups in total. The van der Waals surface area contributed by atoms with Crippen LogP contribution in [0.2, 0.25) is 0 Å². The number of amides is 2. The monoisotopic (exact) mass is 320 g/mol. The summed E-state index contributed by atoms with van der Waals surface area (Å²) in [7, 11) is 1.68. The summed E-state index contributed by atoms with van der Waals surface area (Å²) in [5.74, 6) is -0.0969. The second-order valence-corrected chi connectivity index (χ2v) is 5.57. The third kappa shape index (κ3) is 5.61. The van der Waals surface area contributed by atoms with Gasteiger partial charge in [0.25, 0.3) is 5.91 Å².